The minimum atomic E-state index is -0.535. The second-order valence-electron chi connectivity index (χ2n) is 8.26. The molecule has 27 heavy (non-hydrogen) atoms. The van der Waals surface area contributed by atoms with Crippen LogP contribution in [0.25, 0.3) is 0 Å². The monoisotopic (exact) mass is 398 g/mol. The van der Waals surface area contributed by atoms with Crippen LogP contribution in [0.4, 0.5) is 4.79 Å². The molecule has 1 unspecified atom stereocenters. The predicted molar refractivity (Wildman–Crippen MR) is 103 cm³/mol. The van der Waals surface area contributed by atoms with Gasteiger partial charge in [0.2, 0.25) is 5.88 Å². The molecule has 0 aliphatic carbocycles. The number of nitrogens with zero attached hydrogens (tertiary/aromatic N) is 2. The Labute approximate surface area is 165 Å². The smallest absolute Gasteiger partial charge is 0.410 e. The first kappa shape index (κ1) is 21.5. The largest absolute Gasteiger partial charge is 0.473 e. The summed E-state index contributed by atoms with van der Waals surface area (Å²) >= 11 is 1.27. The number of hydrogen-bond acceptors (Lipinski definition) is 7. The van der Waals surface area contributed by atoms with Gasteiger partial charge in [-0.3, -0.25) is 0 Å². The lowest BCUT2D eigenvalue weighted by molar-refractivity contribution is -0.0268. The first-order valence-corrected chi connectivity index (χ1v) is 10.1. The maximum absolute atomic E-state index is 12.5. The van der Waals surface area contributed by atoms with Crippen molar-refractivity contribution in [3.8, 4) is 5.88 Å². The minimum Gasteiger partial charge on any atom is -0.473 e. The van der Waals surface area contributed by atoms with Gasteiger partial charge < -0.3 is 19.1 Å². The van der Waals surface area contributed by atoms with E-state index in [0.717, 1.165) is 5.01 Å². The van der Waals surface area contributed by atoms with Gasteiger partial charge in [-0.15, -0.1) is 11.3 Å². The van der Waals surface area contributed by atoms with Gasteiger partial charge in [-0.1, -0.05) is 0 Å². The molecule has 1 aliphatic heterocycles. The van der Waals surface area contributed by atoms with Gasteiger partial charge in [-0.25, -0.2) is 14.6 Å². The number of piperidine rings is 1. The highest BCUT2D eigenvalue weighted by Crippen LogP contribution is 2.34. The predicted octanol–water partition coefficient (Wildman–Crippen LogP) is 4.19. The highest BCUT2D eigenvalue weighted by Gasteiger charge is 2.41. The topological polar surface area (TPSA) is 78.0 Å². The van der Waals surface area contributed by atoms with E-state index in [-0.39, 0.29) is 12.2 Å². The molecule has 1 fully saturated rings. The van der Waals surface area contributed by atoms with Crippen molar-refractivity contribution >= 4 is 23.4 Å². The molecular weight excluding hydrogens is 368 g/mol. The van der Waals surface area contributed by atoms with Crippen LogP contribution in [0.15, 0.2) is 0 Å². The summed E-state index contributed by atoms with van der Waals surface area (Å²) in [5.74, 6) is -0.0916. The second kappa shape index (κ2) is 8.04. The maximum atomic E-state index is 12.5. The van der Waals surface area contributed by atoms with E-state index in [1.807, 2.05) is 41.5 Å². The fourth-order valence-electron chi connectivity index (χ4n) is 3.07. The van der Waals surface area contributed by atoms with Crippen molar-refractivity contribution in [1.29, 1.82) is 0 Å². The van der Waals surface area contributed by atoms with Crippen molar-refractivity contribution in [3.05, 3.63) is 9.88 Å². The van der Waals surface area contributed by atoms with Crippen LogP contribution >= 0.6 is 11.3 Å². The highest BCUT2D eigenvalue weighted by molar-refractivity contribution is 7.13. The number of amides is 1. The van der Waals surface area contributed by atoms with Crippen molar-refractivity contribution in [2.45, 2.75) is 78.6 Å². The Morgan fingerprint density at radius 1 is 1.33 bits per heavy atom. The summed E-state index contributed by atoms with van der Waals surface area (Å²) in [7, 11) is 0. The maximum Gasteiger partial charge on any atom is 0.410 e. The summed E-state index contributed by atoms with van der Waals surface area (Å²) in [5.41, 5.74) is -0.965. The number of carbonyl (C=O) groups is 2. The Balaban J connectivity index is 2.08. The van der Waals surface area contributed by atoms with Crippen LogP contribution in [0.5, 0.6) is 5.88 Å². The molecule has 0 radical (unpaired) electrons. The summed E-state index contributed by atoms with van der Waals surface area (Å²) in [5, 5.41) is 0.749. The van der Waals surface area contributed by atoms with Crippen LogP contribution in [0.3, 0.4) is 0 Å². The van der Waals surface area contributed by atoms with Crippen LogP contribution < -0.4 is 4.74 Å². The molecule has 2 heterocycles. The molecule has 1 amide bonds. The Hall–Kier alpha value is -1.83. The molecule has 2 rings (SSSR count). The third-order valence-electron chi connectivity index (χ3n) is 4.19. The van der Waals surface area contributed by atoms with E-state index in [4.69, 9.17) is 14.2 Å². The van der Waals surface area contributed by atoms with Crippen LogP contribution in [0.1, 0.15) is 69.1 Å². The molecule has 152 valence electrons. The number of aromatic nitrogens is 1. The average Bonchev–Trinajstić information content (AvgIpc) is 2.85. The van der Waals surface area contributed by atoms with E-state index in [1.54, 1.807) is 11.8 Å². The van der Waals surface area contributed by atoms with Gasteiger partial charge in [0.25, 0.3) is 0 Å². The van der Waals surface area contributed by atoms with Gasteiger partial charge in [0.15, 0.2) is 4.88 Å². The second-order valence-corrected chi connectivity index (χ2v) is 9.47. The van der Waals surface area contributed by atoms with Gasteiger partial charge in [0, 0.05) is 24.9 Å². The van der Waals surface area contributed by atoms with E-state index >= 15 is 0 Å². The molecule has 0 aromatic carbocycles. The van der Waals surface area contributed by atoms with Crippen molar-refractivity contribution in [2.75, 3.05) is 13.2 Å². The Morgan fingerprint density at radius 2 is 2.00 bits per heavy atom. The van der Waals surface area contributed by atoms with Crippen LogP contribution in [-0.4, -0.2) is 52.3 Å². The van der Waals surface area contributed by atoms with Gasteiger partial charge in [-0.05, 0) is 48.5 Å². The van der Waals surface area contributed by atoms with Gasteiger partial charge in [-0.2, -0.15) is 0 Å². The molecule has 8 heteroatoms. The molecule has 1 aliphatic rings. The first-order valence-electron chi connectivity index (χ1n) is 9.25. The first-order chi connectivity index (χ1) is 12.4. The summed E-state index contributed by atoms with van der Waals surface area (Å²) in [6.07, 6.45) is 0.795. The molecule has 0 N–H and O–H groups in total. The fraction of sp³-hybridized carbons (Fsp3) is 0.737. The summed E-state index contributed by atoms with van der Waals surface area (Å²) < 4.78 is 16.7. The lowest BCUT2D eigenvalue weighted by Crippen LogP contribution is -2.56. The molecule has 0 saturated carbocycles. The number of thiazole rings is 1. The number of rotatable bonds is 4. The number of aryl methyl sites for hydroxylation is 1. The van der Waals surface area contributed by atoms with Crippen LogP contribution in [-0.2, 0) is 9.47 Å². The number of likely N-dealkylation sites (tertiary alicyclic amines) is 1. The molecular formula is C19H30N2O5S. The molecule has 0 bridgehead atoms. The van der Waals surface area contributed by atoms with E-state index in [9.17, 15) is 9.59 Å². The molecule has 1 aromatic heterocycles. The Morgan fingerprint density at radius 3 is 2.56 bits per heavy atom. The molecule has 1 aromatic rings. The van der Waals surface area contributed by atoms with Crippen molar-refractivity contribution in [1.82, 2.24) is 9.88 Å². The average molecular weight is 399 g/mol. The third kappa shape index (κ3) is 5.57. The lowest BCUT2D eigenvalue weighted by Gasteiger charge is -2.45. The summed E-state index contributed by atoms with van der Waals surface area (Å²) in [6.45, 7) is 14.0. The zero-order chi connectivity index (χ0) is 20.4. The standard InChI is InChI=1S/C19H30N2O5S/c1-8-24-16(22)14-15(20-12(2)27-14)25-13-9-10-21(19(6,7)11-13)17(23)26-18(3,4)5/h13H,8-11H2,1-7H3. The quantitative estimate of drug-likeness (QED) is 0.708. The Kier molecular flexibility index (Phi) is 6.39. The number of esters is 1. The highest BCUT2D eigenvalue weighted by atomic mass is 32.1. The van der Waals surface area contributed by atoms with E-state index in [0.29, 0.717) is 36.8 Å². The van der Waals surface area contributed by atoms with Gasteiger partial charge in [0.1, 0.15) is 11.7 Å². The molecule has 7 nitrogen and oxygen atoms in total. The fourth-order valence-corrected chi connectivity index (χ4v) is 3.82. The molecule has 0 spiro atoms. The van der Waals surface area contributed by atoms with Crippen molar-refractivity contribution in [3.63, 3.8) is 0 Å². The third-order valence-corrected chi connectivity index (χ3v) is 5.12. The SMILES string of the molecule is CCOC(=O)c1sc(C)nc1OC1CCN(C(=O)OC(C)(C)C)C(C)(C)C1. The zero-order valence-corrected chi connectivity index (χ0v) is 18.1. The van der Waals surface area contributed by atoms with Crippen LogP contribution in [0.2, 0.25) is 0 Å². The van der Waals surface area contributed by atoms with Gasteiger partial charge >= 0.3 is 12.1 Å². The number of ether oxygens (including phenoxy) is 3. The van der Waals surface area contributed by atoms with E-state index in [1.165, 1.54) is 11.3 Å². The number of hydrogen-bond donors (Lipinski definition) is 0. The lowest BCUT2D eigenvalue weighted by atomic mass is 9.89. The normalized spacial score (nSPS) is 19.5. The summed E-state index contributed by atoms with van der Waals surface area (Å²) in [6, 6.07) is 0. The Bertz CT molecular complexity index is 693. The van der Waals surface area contributed by atoms with E-state index < -0.39 is 17.1 Å². The summed E-state index contributed by atoms with van der Waals surface area (Å²) in [4.78, 5) is 31.1. The van der Waals surface area contributed by atoms with E-state index in [2.05, 4.69) is 4.98 Å². The van der Waals surface area contributed by atoms with Crippen LogP contribution in [0, 0.1) is 6.92 Å². The van der Waals surface area contributed by atoms with Crippen molar-refractivity contribution < 1.29 is 23.8 Å². The minimum absolute atomic E-state index is 0.145. The molecule has 1 saturated heterocycles. The van der Waals surface area contributed by atoms with Crippen molar-refractivity contribution in [2.24, 2.45) is 0 Å². The van der Waals surface area contributed by atoms with Gasteiger partial charge in [0.05, 0.1) is 11.6 Å². The molecule has 1 atom stereocenters. The number of carbonyl (C=O) groups excluding carboxylic acids is 2. The zero-order valence-electron chi connectivity index (χ0n) is 17.2.